The molecule has 5 rings (SSSR count). The number of sulfone groups is 1. The highest BCUT2D eigenvalue weighted by atomic mass is 32.2. The van der Waals surface area contributed by atoms with Gasteiger partial charge in [-0.2, -0.15) is 0 Å². The van der Waals surface area contributed by atoms with Gasteiger partial charge in [-0.25, -0.2) is 17.6 Å². The molecule has 2 heterocycles. The minimum Gasteiger partial charge on any atom is -0.493 e. The lowest BCUT2D eigenvalue weighted by molar-refractivity contribution is -0.133. The summed E-state index contributed by atoms with van der Waals surface area (Å²) in [5, 5.41) is 7.72. The highest BCUT2D eigenvalue weighted by Gasteiger charge is 2.39. The molecule has 3 aromatic carbocycles. The molecule has 3 amide bonds. The van der Waals surface area contributed by atoms with Crippen molar-refractivity contribution in [1.82, 2.24) is 10.2 Å². The monoisotopic (exact) mass is 668 g/mol. The Labute approximate surface area is 272 Å². The third kappa shape index (κ3) is 6.42. The Morgan fingerprint density at radius 1 is 1.02 bits per heavy atom. The molecule has 12 nitrogen and oxygen atoms in total. The number of anilines is 2. The molecule has 1 fully saturated rings. The highest BCUT2D eigenvalue weighted by Crippen LogP contribution is 2.41. The molecule has 0 aromatic heterocycles. The molecule has 3 N–H and O–H groups in total. The van der Waals surface area contributed by atoms with E-state index in [1.54, 1.807) is 43.0 Å². The Balaban J connectivity index is 1.61. The maximum atomic E-state index is 14.7. The van der Waals surface area contributed by atoms with Gasteiger partial charge in [0, 0.05) is 30.0 Å². The zero-order chi connectivity index (χ0) is 34.0. The first kappa shape index (κ1) is 33.5. The van der Waals surface area contributed by atoms with E-state index in [1.807, 2.05) is 0 Å². The third-order valence-corrected chi connectivity index (χ3v) is 10.7. The fourth-order valence-electron chi connectivity index (χ4n) is 6.00. The number of fused-ring (bicyclic) bond motifs is 1. The quantitative estimate of drug-likeness (QED) is 0.272. The average Bonchev–Trinajstić information content (AvgIpc) is 3.71. The van der Waals surface area contributed by atoms with Crippen LogP contribution in [0.2, 0.25) is 0 Å². The molecule has 0 saturated carbocycles. The number of nitrogens with zero attached hydrogens (tertiary/aromatic N) is 1. The molecule has 0 bridgehead atoms. The van der Waals surface area contributed by atoms with Crippen LogP contribution in [0, 0.1) is 5.82 Å². The van der Waals surface area contributed by atoms with Gasteiger partial charge in [-0.05, 0) is 80.3 Å². The maximum absolute atomic E-state index is 14.7. The van der Waals surface area contributed by atoms with Crippen molar-refractivity contribution in [2.75, 3.05) is 38.5 Å². The van der Waals surface area contributed by atoms with Crippen LogP contribution in [0.25, 0.3) is 0 Å². The van der Waals surface area contributed by atoms with Crippen molar-refractivity contribution in [2.45, 2.75) is 55.5 Å². The molecule has 250 valence electrons. The van der Waals surface area contributed by atoms with E-state index in [1.165, 1.54) is 45.6 Å². The van der Waals surface area contributed by atoms with Crippen LogP contribution in [0.5, 0.6) is 11.5 Å². The fraction of sp³-hybridized carbons (Fsp3) is 0.364. The minimum absolute atomic E-state index is 0.0594. The minimum atomic E-state index is -3.80. The van der Waals surface area contributed by atoms with Crippen LogP contribution >= 0.6 is 0 Å². The van der Waals surface area contributed by atoms with Crippen molar-refractivity contribution in [3.63, 3.8) is 0 Å². The predicted octanol–water partition coefficient (Wildman–Crippen LogP) is 4.96. The molecule has 2 aliphatic rings. The summed E-state index contributed by atoms with van der Waals surface area (Å²) in [5.41, 5.74) is 1.84. The van der Waals surface area contributed by atoms with Crippen LogP contribution in [0.15, 0.2) is 53.4 Å². The second kappa shape index (κ2) is 13.5. The number of nitrogens with one attached hydrogen (secondary N) is 3. The summed E-state index contributed by atoms with van der Waals surface area (Å²) in [7, 11) is 0.378. The number of amides is 3. The van der Waals surface area contributed by atoms with Gasteiger partial charge in [0.2, 0.25) is 5.91 Å². The van der Waals surface area contributed by atoms with Crippen LogP contribution in [0.4, 0.5) is 20.6 Å². The van der Waals surface area contributed by atoms with Crippen LogP contribution in [0.1, 0.15) is 65.8 Å². The summed E-state index contributed by atoms with van der Waals surface area (Å²) >= 11 is 0. The molecule has 0 radical (unpaired) electrons. The van der Waals surface area contributed by atoms with Crippen LogP contribution in [-0.4, -0.2) is 64.3 Å². The van der Waals surface area contributed by atoms with E-state index in [0.717, 1.165) is 0 Å². The number of benzene rings is 3. The molecule has 2 aliphatic heterocycles. The van der Waals surface area contributed by atoms with Gasteiger partial charge in [-0.15, -0.1) is 0 Å². The Morgan fingerprint density at radius 3 is 2.45 bits per heavy atom. The molecule has 0 aliphatic carbocycles. The van der Waals surface area contributed by atoms with E-state index in [4.69, 9.17) is 14.2 Å². The predicted molar refractivity (Wildman–Crippen MR) is 172 cm³/mol. The number of methoxy groups -OCH3 is 3. The molecule has 47 heavy (non-hydrogen) atoms. The SMILES string of the molecule is COC(=O)Nc1ccc(S(=O)(=O)C(C)C)c([C@H]2CCCN2C(=O)C(Nc2ccc(F)c3c2CNC3=O)c2ccc(OC)c(OC)c2)c1. The number of halogens is 1. The van der Waals surface area contributed by atoms with Crippen molar-refractivity contribution in [3.8, 4) is 11.5 Å². The Morgan fingerprint density at radius 2 is 1.77 bits per heavy atom. The number of hydrogen-bond acceptors (Lipinski definition) is 9. The van der Waals surface area contributed by atoms with Crippen molar-refractivity contribution in [1.29, 1.82) is 0 Å². The van der Waals surface area contributed by atoms with Gasteiger partial charge in [0.15, 0.2) is 21.3 Å². The van der Waals surface area contributed by atoms with E-state index in [2.05, 4.69) is 16.0 Å². The topological polar surface area (TPSA) is 152 Å². The number of carbonyl (C=O) groups is 3. The van der Waals surface area contributed by atoms with Gasteiger partial charge in [-0.3, -0.25) is 14.9 Å². The molecule has 1 unspecified atom stereocenters. The van der Waals surface area contributed by atoms with E-state index >= 15 is 0 Å². The smallest absolute Gasteiger partial charge is 0.411 e. The second-order valence-electron chi connectivity index (χ2n) is 11.5. The van der Waals surface area contributed by atoms with Crippen molar-refractivity contribution in [3.05, 3.63) is 76.6 Å². The zero-order valence-electron chi connectivity index (χ0n) is 26.7. The van der Waals surface area contributed by atoms with Crippen molar-refractivity contribution >= 4 is 39.1 Å². The highest BCUT2D eigenvalue weighted by molar-refractivity contribution is 7.92. The van der Waals surface area contributed by atoms with Gasteiger partial charge in [0.05, 0.1) is 43.1 Å². The van der Waals surface area contributed by atoms with Crippen LogP contribution < -0.4 is 25.4 Å². The number of carbonyl (C=O) groups excluding carboxylic acids is 3. The molecule has 1 saturated heterocycles. The largest absolute Gasteiger partial charge is 0.493 e. The molecular weight excluding hydrogens is 631 g/mol. The van der Waals surface area contributed by atoms with Crippen LogP contribution in [-0.2, 0) is 25.9 Å². The third-order valence-electron chi connectivity index (χ3n) is 8.47. The standard InChI is InChI=1S/C33H37FN4O8S/c1-18(2)47(42,43)28-13-9-20(36-33(41)46-5)16-21(28)25-7-6-14-38(25)32(40)30(19-8-12-26(44-3)27(15-19)45-4)37-24-11-10-23(34)29-22(24)17-35-31(29)39/h8-13,15-16,18,25,30,37H,6-7,14,17H2,1-5H3,(H,35,39)(H,36,41)/t25-,30?/m1/s1. The lowest BCUT2D eigenvalue weighted by atomic mass is 9.99. The van der Waals surface area contributed by atoms with Gasteiger partial charge in [0.1, 0.15) is 11.9 Å². The first-order chi connectivity index (χ1) is 22.4. The van der Waals surface area contributed by atoms with E-state index in [9.17, 15) is 27.2 Å². The lowest BCUT2D eigenvalue weighted by Gasteiger charge is -2.32. The lowest BCUT2D eigenvalue weighted by Crippen LogP contribution is -2.38. The van der Waals surface area contributed by atoms with Gasteiger partial charge in [0.25, 0.3) is 5.91 Å². The summed E-state index contributed by atoms with van der Waals surface area (Å²) in [5.74, 6) is -0.801. The van der Waals surface area contributed by atoms with Gasteiger partial charge >= 0.3 is 6.09 Å². The fourth-order valence-corrected chi connectivity index (χ4v) is 7.29. The molecule has 3 aromatic rings. The van der Waals surface area contributed by atoms with Crippen molar-refractivity contribution < 1.29 is 41.4 Å². The Bertz CT molecular complexity index is 1830. The number of likely N-dealkylation sites (tertiary alicyclic amines) is 1. The van der Waals surface area contributed by atoms with E-state index in [0.29, 0.717) is 59.0 Å². The molecular formula is C33H37FN4O8S. The first-order valence-electron chi connectivity index (χ1n) is 15.0. The number of ether oxygens (including phenoxy) is 3. The summed E-state index contributed by atoms with van der Waals surface area (Å²) in [4.78, 5) is 40.8. The summed E-state index contributed by atoms with van der Waals surface area (Å²) in [6, 6.07) is 10.4. The van der Waals surface area contributed by atoms with Crippen molar-refractivity contribution in [2.24, 2.45) is 0 Å². The average molecular weight is 669 g/mol. The summed E-state index contributed by atoms with van der Waals surface area (Å²) in [6.07, 6.45) is 0.305. The van der Waals surface area contributed by atoms with Crippen LogP contribution in [0.3, 0.4) is 0 Å². The van der Waals surface area contributed by atoms with Gasteiger partial charge < -0.3 is 29.7 Å². The summed E-state index contributed by atoms with van der Waals surface area (Å²) in [6.45, 7) is 3.54. The first-order valence-corrected chi connectivity index (χ1v) is 16.6. The number of hydrogen-bond donors (Lipinski definition) is 3. The normalized spacial score (nSPS) is 16.4. The zero-order valence-corrected chi connectivity index (χ0v) is 27.5. The van der Waals surface area contributed by atoms with E-state index in [-0.39, 0.29) is 17.0 Å². The molecule has 14 heteroatoms. The number of rotatable bonds is 10. The van der Waals surface area contributed by atoms with E-state index < -0.39 is 50.9 Å². The maximum Gasteiger partial charge on any atom is 0.411 e. The Kier molecular flexibility index (Phi) is 9.61. The Hall–Kier alpha value is -4.85. The second-order valence-corrected chi connectivity index (χ2v) is 13.9. The van der Waals surface area contributed by atoms with Gasteiger partial charge in [-0.1, -0.05) is 6.07 Å². The summed E-state index contributed by atoms with van der Waals surface area (Å²) < 4.78 is 57.4. The molecule has 2 atom stereocenters. The molecule has 0 spiro atoms.